The molecule has 0 radical (unpaired) electrons. The topological polar surface area (TPSA) is 110 Å². The summed E-state index contributed by atoms with van der Waals surface area (Å²) in [6.07, 6.45) is 3.22. The van der Waals surface area contributed by atoms with Crippen LogP contribution in [0.1, 0.15) is 28.9 Å². The number of ether oxygens (including phenoxy) is 1. The second kappa shape index (κ2) is 10.1. The summed E-state index contributed by atoms with van der Waals surface area (Å²) < 4.78 is 5.01. The zero-order valence-corrected chi connectivity index (χ0v) is 18.3. The molecule has 2 heterocycles. The maximum absolute atomic E-state index is 12.6. The van der Waals surface area contributed by atoms with Crippen LogP contribution in [0.5, 0.6) is 5.75 Å². The molecule has 1 aliphatic rings. The molecule has 0 spiro atoms. The van der Waals surface area contributed by atoms with Gasteiger partial charge in [-0.2, -0.15) is 0 Å². The minimum atomic E-state index is -0.575. The van der Waals surface area contributed by atoms with Crippen molar-refractivity contribution in [1.29, 1.82) is 0 Å². The first-order chi connectivity index (χ1) is 16.0. The van der Waals surface area contributed by atoms with E-state index in [0.717, 1.165) is 38.2 Å². The Morgan fingerprint density at radius 2 is 1.88 bits per heavy atom. The van der Waals surface area contributed by atoms with Gasteiger partial charge in [0.05, 0.1) is 18.1 Å². The molecule has 33 heavy (non-hydrogen) atoms. The van der Waals surface area contributed by atoms with Gasteiger partial charge in [0.1, 0.15) is 11.4 Å². The summed E-state index contributed by atoms with van der Waals surface area (Å²) in [5.74, 6) is 1.13. The van der Waals surface area contributed by atoms with Gasteiger partial charge in [-0.3, -0.25) is 14.9 Å². The van der Waals surface area contributed by atoms with E-state index >= 15 is 0 Å². The van der Waals surface area contributed by atoms with Gasteiger partial charge in [-0.25, -0.2) is 0 Å². The molecule has 1 amide bonds. The Labute approximate surface area is 191 Å². The van der Waals surface area contributed by atoms with E-state index in [1.54, 1.807) is 18.2 Å². The van der Waals surface area contributed by atoms with Crippen molar-refractivity contribution >= 4 is 23.1 Å². The molecule has 170 valence electrons. The number of piperidine rings is 1. The number of aromatic nitrogens is 2. The summed E-state index contributed by atoms with van der Waals surface area (Å²) >= 11 is 0. The van der Waals surface area contributed by atoms with E-state index in [4.69, 9.17) is 4.74 Å². The van der Waals surface area contributed by atoms with Crippen LogP contribution in [0.25, 0.3) is 0 Å². The standard InChI is InChI=1S/C24H25N5O4/c1-33-19-7-8-20(22(16-19)29(31)32)25-24(30)21-9-10-23(27-26-21)28-13-11-18(12-14-28)15-17-5-3-2-4-6-17/h2-10,16,18H,11-15H2,1H3,(H,25,30). The molecule has 9 nitrogen and oxygen atoms in total. The number of benzene rings is 2. The highest BCUT2D eigenvalue weighted by Crippen LogP contribution is 2.29. The van der Waals surface area contributed by atoms with Crippen LogP contribution in [0, 0.1) is 16.0 Å². The second-order valence-corrected chi connectivity index (χ2v) is 7.99. The van der Waals surface area contributed by atoms with Gasteiger partial charge in [0.2, 0.25) is 0 Å². The van der Waals surface area contributed by atoms with E-state index in [9.17, 15) is 14.9 Å². The van der Waals surface area contributed by atoms with Crippen molar-refractivity contribution in [2.75, 3.05) is 30.4 Å². The lowest BCUT2D eigenvalue weighted by Crippen LogP contribution is -2.35. The van der Waals surface area contributed by atoms with Gasteiger partial charge in [0, 0.05) is 13.1 Å². The van der Waals surface area contributed by atoms with Crippen molar-refractivity contribution in [3.05, 3.63) is 82.0 Å². The zero-order chi connectivity index (χ0) is 23.2. The molecule has 0 saturated carbocycles. The van der Waals surface area contributed by atoms with Gasteiger partial charge in [-0.15, -0.1) is 10.2 Å². The van der Waals surface area contributed by atoms with Gasteiger partial charge in [0.15, 0.2) is 11.5 Å². The van der Waals surface area contributed by atoms with Crippen LogP contribution in [-0.2, 0) is 6.42 Å². The first-order valence-electron chi connectivity index (χ1n) is 10.8. The number of anilines is 2. The molecule has 0 aliphatic carbocycles. The Morgan fingerprint density at radius 3 is 2.52 bits per heavy atom. The first-order valence-corrected chi connectivity index (χ1v) is 10.8. The third-order valence-corrected chi connectivity index (χ3v) is 5.84. The van der Waals surface area contributed by atoms with Crippen molar-refractivity contribution in [2.24, 2.45) is 5.92 Å². The monoisotopic (exact) mass is 447 g/mol. The van der Waals surface area contributed by atoms with E-state index in [1.165, 1.54) is 24.8 Å². The lowest BCUT2D eigenvalue weighted by Gasteiger charge is -2.32. The highest BCUT2D eigenvalue weighted by atomic mass is 16.6. The van der Waals surface area contributed by atoms with Crippen LogP contribution in [0.15, 0.2) is 60.7 Å². The van der Waals surface area contributed by atoms with Gasteiger partial charge in [0.25, 0.3) is 11.6 Å². The summed E-state index contributed by atoms with van der Waals surface area (Å²) in [5, 5.41) is 22.1. The molecule has 9 heteroatoms. The van der Waals surface area contributed by atoms with Crippen molar-refractivity contribution in [1.82, 2.24) is 10.2 Å². The molecule has 0 atom stereocenters. The fourth-order valence-corrected chi connectivity index (χ4v) is 4.01. The highest BCUT2D eigenvalue weighted by molar-refractivity contribution is 6.04. The fraction of sp³-hybridized carbons (Fsp3) is 0.292. The van der Waals surface area contributed by atoms with E-state index in [-0.39, 0.29) is 17.1 Å². The van der Waals surface area contributed by atoms with Gasteiger partial charge < -0.3 is 15.0 Å². The quantitative estimate of drug-likeness (QED) is 0.429. The van der Waals surface area contributed by atoms with E-state index in [2.05, 4.69) is 44.7 Å². The average Bonchev–Trinajstić information content (AvgIpc) is 2.85. The number of carbonyl (C=O) groups excluding carboxylic acids is 1. The van der Waals surface area contributed by atoms with Crippen molar-refractivity contribution in [3.8, 4) is 5.75 Å². The third-order valence-electron chi connectivity index (χ3n) is 5.84. The predicted molar refractivity (Wildman–Crippen MR) is 125 cm³/mol. The predicted octanol–water partition coefficient (Wildman–Crippen LogP) is 4.10. The molecule has 3 aromatic rings. The summed E-state index contributed by atoms with van der Waals surface area (Å²) in [4.78, 5) is 25.5. The number of amides is 1. The zero-order valence-electron chi connectivity index (χ0n) is 18.3. The maximum atomic E-state index is 12.6. The average molecular weight is 447 g/mol. The minimum Gasteiger partial charge on any atom is -0.496 e. The number of carbonyl (C=O) groups is 1. The molecular formula is C24H25N5O4. The van der Waals surface area contributed by atoms with Crippen molar-refractivity contribution < 1.29 is 14.5 Å². The Morgan fingerprint density at radius 1 is 1.12 bits per heavy atom. The lowest BCUT2D eigenvalue weighted by atomic mass is 9.90. The number of hydrogen-bond acceptors (Lipinski definition) is 7. The number of hydrogen-bond donors (Lipinski definition) is 1. The van der Waals surface area contributed by atoms with Crippen molar-refractivity contribution in [2.45, 2.75) is 19.3 Å². The molecule has 1 aliphatic heterocycles. The van der Waals surface area contributed by atoms with Crippen LogP contribution < -0.4 is 15.0 Å². The molecular weight excluding hydrogens is 422 g/mol. The smallest absolute Gasteiger partial charge is 0.296 e. The molecule has 1 N–H and O–H groups in total. The minimum absolute atomic E-state index is 0.0668. The molecule has 0 bridgehead atoms. The van der Waals surface area contributed by atoms with E-state index in [1.807, 2.05) is 6.07 Å². The number of nitro benzene ring substituents is 1. The second-order valence-electron chi connectivity index (χ2n) is 7.99. The summed E-state index contributed by atoms with van der Waals surface area (Å²) in [7, 11) is 1.42. The molecule has 2 aromatic carbocycles. The first kappa shape index (κ1) is 22.2. The van der Waals surface area contributed by atoms with Crippen LogP contribution in [0.4, 0.5) is 17.2 Å². The SMILES string of the molecule is COc1ccc(NC(=O)c2ccc(N3CCC(Cc4ccccc4)CC3)nn2)c([N+](=O)[O-])c1. The van der Waals surface area contributed by atoms with Crippen LogP contribution in [0.2, 0.25) is 0 Å². The van der Waals surface area contributed by atoms with E-state index in [0.29, 0.717) is 11.7 Å². The number of methoxy groups -OCH3 is 1. The third kappa shape index (κ3) is 5.43. The summed E-state index contributed by atoms with van der Waals surface area (Å²) in [6, 6.07) is 18.1. The highest BCUT2D eigenvalue weighted by Gasteiger charge is 2.22. The molecule has 1 fully saturated rings. The number of nitrogens with one attached hydrogen (secondary N) is 1. The number of nitrogens with zero attached hydrogens (tertiary/aromatic N) is 4. The maximum Gasteiger partial charge on any atom is 0.296 e. The Balaban J connectivity index is 1.36. The number of rotatable bonds is 7. The largest absolute Gasteiger partial charge is 0.496 e. The fourth-order valence-electron chi connectivity index (χ4n) is 4.01. The Kier molecular flexibility index (Phi) is 6.77. The van der Waals surface area contributed by atoms with Gasteiger partial charge in [-0.05, 0) is 55.0 Å². The number of nitro groups is 1. The Hall–Kier alpha value is -4.01. The lowest BCUT2D eigenvalue weighted by molar-refractivity contribution is -0.384. The van der Waals surface area contributed by atoms with Crippen molar-refractivity contribution in [3.63, 3.8) is 0 Å². The summed E-state index contributed by atoms with van der Waals surface area (Å²) in [5.41, 5.74) is 1.26. The van der Waals surface area contributed by atoms with Crippen LogP contribution >= 0.6 is 0 Å². The molecule has 1 aromatic heterocycles. The molecule has 1 saturated heterocycles. The Bertz CT molecular complexity index is 1110. The van der Waals surface area contributed by atoms with Gasteiger partial charge >= 0.3 is 0 Å². The van der Waals surface area contributed by atoms with Gasteiger partial charge in [-0.1, -0.05) is 30.3 Å². The molecule has 4 rings (SSSR count). The van der Waals surface area contributed by atoms with Crippen LogP contribution in [-0.4, -0.2) is 41.2 Å². The molecule has 0 unspecified atom stereocenters. The van der Waals surface area contributed by atoms with E-state index < -0.39 is 10.8 Å². The normalized spacial score (nSPS) is 14.0. The van der Waals surface area contributed by atoms with Crippen LogP contribution in [0.3, 0.4) is 0 Å². The summed E-state index contributed by atoms with van der Waals surface area (Å²) in [6.45, 7) is 1.77.